The highest BCUT2D eigenvalue weighted by atomic mass is 19.1. The summed E-state index contributed by atoms with van der Waals surface area (Å²) in [7, 11) is 0. The number of halogens is 2. The normalized spacial score (nSPS) is 15.9. The van der Waals surface area contributed by atoms with Gasteiger partial charge in [-0.25, -0.2) is 13.6 Å². The third kappa shape index (κ3) is 4.30. The molecule has 3 aromatic carbocycles. The maximum Gasteiger partial charge on any atom is 0.327 e. The smallest absolute Gasteiger partial charge is 0.327 e. The monoisotopic (exact) mass is 472 g/mol. The maximum atomic E-state index is 14.1. The fraction of sp³-hybridized carbons (Fsp3) is 0.148. The van der Waals surface area contributed by atoms with Crippen LogP contribution < -0.4 is 10.2 Å². The second-order valence-corrected chi connectivity index (χ2v) is 8.23. The molecule has 5 rings (SSSR count). The van der Waals surface area contributed by atoms with Gasteiger partial charge >= 0.3 is 6.03 Å². The highest BCUT2D eigenvalue weighted by Gasteiger charge is 2.36. The number of aryl methyl sites for hydroxylation is 1. The zero-order chi connectivity index (χ0) is 24.5. The molecule has 0 bridgehead atoms. The molecule has 0 radical (unpaired) electrons. The molecular weight excluding hydrogens is 450 g/mol. The van der Waals surface area contributed by atoms with Gasteiger partial charge in [0.2, 0.25) is 5.82 Å². The number of carbonyl (C=O) groups excluding carboxylic acids is 1. The Bertz CT molecular complexity index is 1430. The molecule has 6 nitrogen and oxygen atoms in total. The van der Waals surface area contributed by atoms with Crippen molar-refractivity contribution in [2.75, 3.05) is 4.90 Å². The van der Waals surface area contributed by atoms with E-state index in [1.54, 1.807) is 25.1 Å². The Kier molecular flexibility index (Phi) is 5.86. The number of aromatic nitrogens is 2. The fourth-order valence-electron chi connectivity index (χ4n) is 4.22. The Labute approximate surface area is 200 Å². The first kappa shape index (κ1) is 22.5. The van der Waals surface area contributed by atoms with Gasteiger partial charge in [-0.2, -0.15) is 4.98 Å². The summed E-state index contributed by atoms with van der Waals surface area (Å²) >= 11 is 0. The summed E-state index contributed by atoms with van der Waals surface area (Å²) in [4.78, 5) is 19.1. The van der Waals surface area contributed by atoms with Gasteiger partial charge in [0.05, 0.1) is 17.3 Å². The van der Waals surface area contributed by atoms with Crippen molar-refractivity contribution in [3.63, 3.8) is 0 Å². The quantitative estimate of drug-likeness (QED) is 0.371. The minimum atomic E-state index is -0.751. The van der Waals surface area contributed by atoms with Crippen LogP contribution in [0.3, 0.4) is 0 Å². The predicted molar refractivity (Wildman–Crippen MR) is 128 cm³/mol. The number of allylic oxidation sites excluding steroid dienone is 1. The number of benzene rings is 3. The van der Waals surface area contributed by atoms with Crippen LogP contribution in [0.5, 0.6) is 0 Å². The average Bonchev–Trinajstić information content (AvgIpc) is 3.33. The van der Waals surface area contributed by atoms with Gasteiger partial charge in [0.25, 0.3) is 5.89 Å². The van der Waals surface area contributed by atoms with Gasteiger partial charge < -0.3 is 9.84 Å². The van der Waals surface area contributed by atoms with Crippen molar-refractivity contribution in [3.8, 4) is 11.4 Å². The van der Waals surface area contributed by atoms with E-state index in [9.17, 15) is 13.6 Å². The molecule has 0 spiro atoms. The number of rotatable bonds is 5. The lowest BCUT2D eigenvalue weighted by atomic mass is 9.94. The molecule has 1 aliphatic heterocycles. The molecule has 1 unspecified atom stereocenters. The van der Waals surface area contributed by atoms with E-state index in [1.165, 1.54) is 40.8 Å². The molecule has 4 aromatic rings. The first-order chi connectivity index (χ1) is 16.9. The maximum absolute atomic E-state index is 14.1. The predicted octanol–water partition coefficient (Wildman–Crippen LogP) is 6.28. The first-order valence-electron chi connectivity index (χ1n) is 11.2. The van der Waals surface area contributed by atoms with Crippen molar-refractivity contribution >= 4 is 17.3 Å². The lowest BCUT2D eigenvalue weighted by Crippen LogP contribution is -2.46. The molecule has 0 saturated heterocycles. The van der Waals surface area contributed by atoms with Gasteiger partial charge in [-0.3, -0.25) is 4.90 Å². The van der Waals surface area contributed by atoms with Gasteiger partial charge in [-0.05, 0) is 54.8 Å². The highest BCUT2D eigenvalue weighted by Crippen LogP contribution is 2.39. The van der Waals surface area contributed by atoms with Crippen molar-refractivity contribution < 1.29 is 18.1 Å². The van der Waals surface area contributed by atoms with Crippen molar-refractivity contribution in [1.29, 1.82) is 0 Å². The Morgan fingerprint density at radius 1 is 1.00 bits per heavy atom. The molecule has 2 amide bonds. The summed E-state index contributed by atoms with van der Waals surface area (Å²) in [6.07, 6.45) is 0.911. The van der Waals surface area contributed by atoms with Crippen LogP contribution in [0.4, 0.5) is 19.3 Å². The van der Waals surface area contributed by atoms with E-state index in [0.29, 0.717) is 28.3 Å². The number of amides is 2. The van der Waals surface area contributed by atoms with Gasteiger partial charge in [0, 0.05) is 11.3 Å². The highest BCUT2D eigenvalue weighted by molar-refractivity contribution is 6.01. The van der Waals surface area contributed by atoms with E-state index in [4.69, 9.17) is 4.52 Å². The van der Waals surface area contributed by atoms with Crippen LogP contribution in [0.15, 0.2) is 83.0 Å². The molecule has 0 aliphatic carbocycles. The molecule has 1 atom stereocenters. The SMILES string of the molecule is CCc1ccc(-c2noc(C3=C(C)N(c4cccc(F)c4)C(=O)NC3c3cccc(F)c3)n2)cc1. The van der Waals surface area contributed by atoms with E-state index in [1.807, 2.05) is 24.3 Å². The molecule has 1 N–H and O–H groups in total. The molecule has 8 heteroatoms. The Balaban J connectivity index is 1.64. The summed E-state index contributed by atoms with van der Waals surface area (Å²) in [5.41, 5.74) is 3.76. The van der Waals surface area contributed by atoms with Crippen molar-refractivity contribution in [2.24, 2.45) is 0 Å². The second-order valence-electron chi connectivity index (χ2n) is 8.23. The number of hydrogen-bond donors (Lipinski definition) is 1. The number of anilines is 1. The van der Waals surface area contributed by atoms with Crippen LogP contribution in [0, 0.1) is 11.6 Å². The molecule has 2 heterocycles. The minimum absolute atomic E-state index is 0.174. The Morgan fingerprint density at radius 2 is 1.71 bits per heavy atom. The van der Waals surface area contributed by atoms with Gasteiger partial charge in [0.1, 0.15) is 11.6 Å². The molecule has 0 saturated carbocycles. The summed E-state index contributed by atoms with van der Waals surface area (Å²) < 4.78 is 33.7. The minimum Gasteiger partial charge on any atom is -0.334 e. The zero-order valence-corrected chi connectivity index (χ0v) is 19.1. The van der Waals surface area contributed by atoms with Crippen LogP contribution >= 0.6 is 0 Å². The molecular formula is C27H22F2N4O2. The van der Waals surface area contributed by atoms with Crippen LogP contribution in [-0.4, -0.2) is 16.2 Å². The lowest BCUT2D eigenvalue weighted by molar-refractivity contribution is 0.244. The Morgan fingerprint density at radius 3 is 2.40 bits per heavy atom. The fourth-order valence-corrected chi connectivity index (χ4v) is 4.22. The van der Waals surface area contributed by atoms with Crippen molar-refractivity contribution in [1.82, 2.24) is 15.5 Å². The van der Waals surface area contributed by atoms with Crippen molar-refractivity contribution in [2.45, 2.75) is 26.3 Å². The van der Waals surface area contributed by atoms with Crippen LogP contribution in [0.1, 0.15) is 36.9 Å². The summed E-state index contributed by atoms with van der Waals surface area (Å²) in [5.74, 6) is -0.362. The summed E-state index contributed by atoms with van der Waals surface area (Å²) in [6, 6.07) is 18.3. The van der Waals surface area contributed by atoms with Crippen LogP contribution in [0.25, 0.3) is 17.0 Å². The van der Waals surface area contributed by atoms with Gasteiger partial charge in [-0.15, -0.1) is 0 Å². The second kappa shape index (κ2) is 9.13. The number of nitrogens with zero attached hydrogens (tertiary/aromatic N) is 3. The number of carbonyl (C=O) groups is 1. The Hall–Kier alpha value is -4.33. The number of urea groups is 1. The van der Waals surface area contributed by atoms with Crippen LogP contribution in [-0.2, 0) is 6.42 Å². The van der Waals surface area contributed by atoms with Crippen molar-refractivity contribution in [3.05, 3.63) is 107 Å². The average molecular weight is 472 g/mol. The third-order valence-electron chi connectivity index (χ3n) is 6.01. The largest absolute Gasteiger partial charge is 0.334 e. The van der Waals surface area contributed by atoms with E-state index >= 15 is 0 Å². The van der Waals surface area contributed by atoms with E-state index in [2.05, 4.69) is 22.4 Å². The first-order valence-corrected chi connectivity index (χ1v) is 11.2. The number of hydrogen-bond acceptors (Lipinski definition) is 4. The topological polar surface area (TPSA) is 71.3 Å². The molecule has 176 valence electrons. The lowest BCUT2D eigenvalue weighted by Gasteiger charge is -2.35. The molecule has 1 aliphatic rings. The van der Waals surface area contributed by atoms with E-state index in [0.717, 1.165) is 12.0 Å². The molecule has 0 fully saturated rings. The molecule has 1 aromatic heterocycles. The standard InChI is InChI=1S/C27H22F2N4O2/c1-3-17-10-12-18(13-11-17)25-31-26(35-32-25)23-16(2)33(22-9-5-8-21(29)15-22)27(34)30-24(23)19-6-4-7-20(28)14-19/h4-15,24H,3H2,1-2H3,(H,30,34). The number of nitrogens with one attached hydrogen (secondary N) is 1. The van der Waals surface area contributed by atoms with Crippen LogP contribution in [0.2, 0.25) is 0 Å². The summed E-state index contributed by atoms with van der Waals surface area (Å²) in [6.45, 7) is 3.79. The van der Waals surface area contributed by atoms with E-state index in [-0.39, 0.29) is 5.89 Å². The zero-order valence-electron chi connectivity index (χ0n) is 19.1. The van der Waals surface area contributed by atoms with Gasteiger partial charge in [-0.1, -0.05) is 54.5 Å². The van der Waals surface area contributed by atoms with E-state index < -0.39 is 23.7 Å². The van der Waals surface area contributed by atoms with Gasteiger partial charge in [0.15, 0.2) is 0 Å². The summed E-state index contributed by atoms with van der Waals surface area (Å²) in [5, 5.41) is 7.03. The molecule has 35 heavy (non-hydrogen) atoms. The third-order valence-corrected chi connectivity index (χ3v) is 6.01.